The van der Waals surface area contributed by atoms with Crippen molar-refractivity contribution in [2.75, 3.05) is 0 Å². The summed E-state index contributed by atoms with van der Waals surface area (Å²) in [7, 11) is 2.68. The first-order chi connectivity index (χ1) is 13.7. The molecular weight excluding hydrogens is 370 g/mol. The van der Waals surface area contributed by atoms with Crippen LogP contribution in [0.2, 0.25) is 0 Å². The predicted octanol–water partition coefficient (Wildman–Crippen LogP) is 5.00. The van der Waals surface area contributed by atoms with Gasteiger partial charge in [0.05, 0.1) is 23.8 Å². The topological polar surface area (TPSA) is 42.2 Å². The SMILES string of the molecule is C=C(NC1CCCC(=Nc2ccccc2F)C1=CP)c1ncn2c1CCCC2. The van der Waals surface area contributed by atoms with Crippen molar-refractivity contribution in [1.82, 2.24) is 14.9 Å². The molecule has 1 aliphatic carbocycles. The van der Waals surface area contributed by atoms with Crippen molar-refractivity contribution in [2.45, 2.75) is 51.1 Å². The van der Waals surface area contributed by atoms with Crippen molar-refractivity contribution in [1.29, 1.82) is 0 Å². The van der Waals surface area contributed by atoms with Crippen LogP contribution >= 0.6 is 9.24 Å². The second-order valence-corrected chi connectivity index (χ2v) is 7.72. The van der Waals surface area contributed by atoms with Crippen LogP contribution in [0.4, 0.5) is 10.1 Å². The highest BCUT2D eigenvalue weighted by molar-refractivity contribution is 7.20. The molecule has 0 spiro atoms. The number of nitrogens with one attached hydrogen (secondary N) is 1. The van der Waals surface area contributed by atoms with Crippen molar-refractivity contribution in [3.8, 4) is 0 Å². The summed E-state index contributed by atoms with van der Waals surface area (Å²) in [6, 6.07) is 6.77. The summed E-state index contributed by atoms with van der Waals surface area (Å²) in [6.07, 6.45) is 8.22. The zero-order chi connectivity index (χ0) is 19.5. The second kappa shape index (κ2) is 8.40. The third kappa shape index (κ3) is 3.81. The summed E-state index contributed by atoms with van der Waals surface area (Å²) >= 11 is 0. The third-order valence-corrected chi connectivity index (χ3v) is 5.90. The van der Waals surface area contributed by atoms with Gasteiger partial charge >= 0.3 is 0 Å². The minimum Gasteiger partial charge on any atom is -0.377 e. The summed E-state index contributed by atoms with van der Waals surface area (Å²) in [4.78, 5) is 9.24. The number of aliphatic imine (C=N–C) groups is 1. The Kier molecular flexibility index (Phi) is 5.72. The number of hydrogen-bond acceptors (Lipinski definition) is 3. The maximum Gasteiger partial charge on any atom is 0.148 e. The Bertz CT molecular complexity index is 944. The Hall–Kier alpha value is -2.26. The van der Waals surface area contributed by atoms with E-state index in [1.165, 1.54) is 24.6 Å². The molecule has 1 aromatic heterocycles. The largest absolute Gasteiger partial charge is 0.377 e. The van der Waals surface area contributed by atoms with E-state index in [4.69, 9.17) is 0 Å². The molecule has 146 valence electrons. The maximum absolute atomic E-state index is 14.1. The Morgan fingerprint density at radius 1 is 1.29 bits per heavy atom. The van der Waals surface area contributed by atoms with E-state index in [-0.39, 0.29) is 11.9 Å². The Morgan fingerprint density at radius 3 is 2.96 bits per heavy atom. The molecule has 2 unspecified atom stereocenters. The molecule has 0 bridgehead atoms. The number of fused-ring (bicyclic) bond motifs is 1. The van der Waals surface area contributed by atoms with Gasteiger partial charge in [0.2, 0.25) is 0 Å². The van der Waals surface area contributed by atoms with Gasteiger partial charge in [-0.3, -0.25) is 4.99 Å². The molecule has 1 saturated carbocycles. The van der Waals surface area contributed by atoms with Crippen molar-refractivity contribution in [3.63, 3.8) is 0 Å². The monoisotopic (exact) mass is 396 g/mol. The van der Waals surface area contributed by atoms with Crippen LogP contribution in [-0.4, -0.2) is 21.3 Å². The number of aromatic nitrogens is 2. The van der Waals surface area contributed by atoms with Gasteiger partial charge in [-0.15, -0.1) is 9.24 Å². The Morgan fingerprint density at radius 2 is 2.14 bits per heavy atom. The summed E-state index contributed by atoms with van der Waals surface area (Å²) in [6.45, 7) is 5.31. The summed E-state index contributed by atoms with van der Waals surface area (Å²) < 4.78 is 16.3. The van der Waals surface area contributed by atoms with Crippen molar-refractivity contribution >= 4 is 26.3 Å². The molecule has 2 heterocycles. The first-order valence-electron chi connectivity index (χ1n) is 9.91. The van der Waals surface area contributed by atoms with Gasteiger partial charge in [0.15, 0.2) is 0 Å². The standard InChI is InChI=1S/C22H26FN4P/c1-15(22-21-11-4-5-12-27(21)14-24-22)25-18-9-6-10-19(16(18)13-28)26-20-8-3-2-7-17(20)23/h2-3,7-8,13-14,18,25H,1,4-6,9-12,28H2. The molecule has 6 heteroatoms. The molecule has 1 N–H and O–H groups in total. The molecule has 1 aliphatic heterocycles. The highest BCUT2D eigenvalue weighted by Crippen LogP contribution is 2.29. The minimum atomic E-state index is -0.290. The van der Waals surface area contributed by atoms with E-state index in [0.717, 1.165) is 54.9 Å². The lowest BCUT2D eigenvalue weighted by Crippen LogP contribution is -2.36. The molecule has 2 aromatic rings. The number of hydrogen-bond donors (Lipinski definition) is 1. The van der Waals surface area contributed by atoms with E-state index >= 15 is 0 Å². The van der Waals surface area contributed by atoms with Gasteiger partial charge in [0.1, 0.15) is 11.5 Å². The molecular formula is C22H26FN4P. The van der Waals surface area contributed by atoms with Crippen LogP contribution < -0.4 is 5.32 Å². The van der Waals surface area contributed by atoms with Gasteiger partial charge in [0.25, 0.3) is 0 Å². The maximum atomic E-state index is 14.1. The van der Waals surface area contributed by atoms with E-state index in [1.54, 1.807) is 12.1 Å². The molecule has 0 saturated heterocycles. The van der Waals surface area contributed by atoms with Gasteiger partial charge < -0.3 is 9.88 Å². The van der Waals surface area contributed by atoms with Gasteiger partial charge in [0, 0.05) is 18.0 Å². The van der Waals surface area contributed by atoms with E-state index in [2.05, 4.69) is 35.7 Å². The lowest BCUT2D eigenvalue weighted by atomic mass is 9.88. The van der Waals surface area contributed by atoms with Gasteiger partial charge in [-0.05, 0) is 56.2 Å². The zero-order valence-corrected chi connectivity index (χ0v) is 17.1. The lowest BCUT2D eigenvalue weighted by Gasteiger charge is -2.29. The normalized spacial score (nSPS) is 22.3. The molecule has 1 fully saturated rings. The molecule has 0 radical (unpaired) electrons. The number of para-hydroxylation sites is 1. The van der Waals surface area contributed by atoms with Crippen molar-refractivity contribution in [3.05, 3.63) is 65.8 Å². The smallest absolute Gasteiger partial charge is 0.148 e. The number of nitrogens with zero attached hydrogens (tertiary/aromatic N) is 3. The lowest BCUT2D eigenvalue weighted by molar-refractivity contribution is 0.530. The second-order valence-electron chi connectivity index (χ2n) is 7.39. The van der Waals surface area contributed by atoms with Crippen LogP contribution in [-0.2, 0) is 13.0 Å². The fraction of sp³-hybridized carbons (Fsp3) is 0.364. The molecule has 4 rings (SSSR count). The fourth-order valence-corrected chi connectivity index (χ4v) is 4.54. The summed E-state index contributed by atoms with van der Waals surface area (Å²) in [5.74, 6) is 1.72. The van der Waals surface area contributed by atoms with Crippen LogP contribution in [0.1, 0.15) is 43.5 Å². The number of imidazole rings is 1. The first kappa shape index (κ1) is 19.1. The predicted molar refractivity (Wildman–Crippen MR) is 116 cm³/mol. The average Bonchev–Trinajstić information content (AvgIpc) is 3.14. The van der Waals surface area contributed by atoms with Crippen LogP contribution in [0.25, 0.3) is 5.70 Å². The van der Waals surface area contributed by atoms with Crippen LogP contribution in [0.3, 0.4) is 0 Å². The number of halogens is 1. The first-order valence-corrected chi connectivity index (χ1v) is 10.6. The molecule has 2 aliphatic rings. The number of aryl methyl sites for hydroxylation is 1. The van der Waals surface area contributed by atoms with E-state index in [0.29, 0.717) is 5.69 Å². The fourth-order valence-electron chi connectivity index (χ4n) is 4.11. The van der Waals surface area contributed by atoms with Gasteiger partial charge in [-0.25, -0.2) is 9.37 Å². The Balaban J connectivity index is 1.55. The highest BCUT2D eigenvalue weighted by Gasteiger charge is 2.26. The molecule has 4 nitrogen and oxygen atoms in total. The molecule has 2 atom stereocenters. The highest BCUT2D eigenvalue weighted by atomic mass is 31.0. The molecule has 1 aromatic carbocycles. The summed E-state index contributed by atoms with van der Waals surface area (Å²) in [5, 5.41) is 3.58. The minimum absolute atomic E-state index is 0.102. The average molecular weight is 396 g/mol. The Labute approximate surface area is 167 Å². The van der Waals surface area contributed by atoms with Gasteiger partial charge in [-0.2, -0.15) is 0 Å². The zero-order valence-electron chi connectivity index (χ0n) is 16.0. The van der Waals surface area contributed by atoms with Crippen LogP contribution in [0.15, 0.2) is 53.6 Å². The summed E-state index contributed by atoms with van der Waals surface area (Å²) in [5.41, 5.74) is 5.52. The third-order valence-electron chi connectivity index (χ3n) is 5.55. The quantitative estimate of drug-likeness (QED) is 0.739. The van der Waals surface area contributed by atoms with Crippen molar-refractivity contribution < 1.29 is 4.39 Å². The van der Waals surface area contributed by atoms with Crippen molar-refractivity contribution in [2.24, 2.45) is 4.99 Å². The molecule has 0 amide bonds. The number of benzene rings is 1. The van der Waals surface area contributed by atoms with Crippen LogP contribution in [0.5, 0.6) is 0 Å². The number of rotatable bonds is 4. The van der Waals surface area contributed by atoms with E-state index in [9.17, 15) is 4.39 Å². The van der Waals surface area contributed by atoms with Gasteiger partial charge in [-0.1, -0.05) is 24.5 Å². The van der Waals surface area contributed by atoms with E-state index < -0.39 is 0 Å². The van der Waals surface area contributed by atoms with E-state index in [1.807, 2.05) is 18.2 Å². The van der Waals surface area contributed by atoms with Crippen LogP contribution in [0, 0.1) is 5.82 Å². The molecule has 28 heavy (non-hydrogen) atoms.